The first-order valence-electron chi connectivity index (χ1n) is 5.54. The summed E-state index contributed by atoms with van der Waals surface area (Å²) < 4.78 is 1.65. The van der Waals surface area contributed by atoms with E-state index < -0.39 is 0 Å². The van der Waals surface area contributed by atoms with E-state index in [1.807, 2.05) is 19.1 Å². The van der Waals surface area contributed by atoms with Crippen LogP contribution in [0.25, 0.3) is 5.69 Å². The zero-order valence-corrected chi connectivity index (χ0v) is 9.63. The Morgan fingerprint density at radius 1 is 1.35 bits per heavy atom. The van der Waals surface area contributed by atoms with Crippen molar-refractivity contribution in [1.82, 2.24) is 20.1 Å². The Hall–Kier alpha value is -2.17. The van der Waals surface area contributed by atoms with Gasteiger partial charge in [-0.15, -0.1) is 0 Å². The molecule has 2 aromatic rings. The van der Waals surface area contributed by atoms with Crippen molar-refractivity contribution in [2.75, 3.05) is 6.54 Å². The number of hydrogen-bond donors (Lipinski definition) is 1. The highest BCUT2D eigenvalue weighted by Gasteiger charge is 2.04. The van der Waals surface area contributed by atoms with Gasteiger partial charge in [-0.2, -0.15) is 5.10 Å². The van der Waals surface area contributed by atoms with Crippen LogP contribution in [0.2, 0.25) is 0 Å². The van der Waals surface area contributed by atoms with Crippen molar-refractivity contribution >= 4 is 5.91 Å². The third kappa shape index (κ3) is 2.69. The first-order valence-corrected chi connectivity index (χ1v) is 5.54. The van der Waals surface area contributed by atoms with Gasteiger partial charge in [-0.25, -0.2) is 9.67 Å². The van der Waals surface area contributed by atoms with Gasteiger partial charge in [-0.3, -0.25) is 4.79 Å². The predicted octanol–water partition coefficient (Wildman–Crippen LogP) is 1.41. The molecule has 1 aromatic heterocycles. The van der Waals surface area contributed by atoms with E-state index in [4.69, 9.17) is 0 Å². The molecule has 17 heavy (non-hydrogen) atoms. The first kappa shape index (κ1) is 11.3. The van der Waals surface area contributed by atoms with Crippen LogP contribution in [0.3, 0.4) is 0 Å². The first-order chi connectivity index (χ1) is 8.31. The quantitative estimate of drug-likeness (QED) is 0.863. The van der Waals surface area contributed by atoms with Crippen LogP contribution < -0.4 is 5.32 Å². The maximum atomic E-state index is 11.7. The molecule has 0 aliphatic carbocycles. The van der Waals surface area contributed by atoms with Gasteiger partial charge in [-0.05, 0) is 30.7 Å². The molecule has 0 spiro atoms. The van der Waals surface area contributed by atoms with Crippen LogP contribution >= 0.6 is 0 Å². The molecule has 0 saturated carbocycles. The minimum atomic E-state index is -0.0445. The fraction of sp³-hybridized carbons (Fsp3) is 0.250. The zero-order chi connectivity index (χ0) is 12.1. The number of carbonyl (C=O) groups excluding carboxylic acids is 1. The average Bonchev–Trinajstić information content (AvgIpc) is 2.90. The molecule has 5 nitrogen and oxygen atoms in total. The number of hydrogen-bond acceptors (Lipinski definition) is 3. The van der Waals surface area contributed by atoms with Gasteiger partial charge in [-0.1, -0.05) is 6.92 Å². The largest absolute Gasteiger partial charge is 0.352 e. The van der Waals surface area contributed by atoms with E-state index in [1.54, 1.807) is 23.1 Å². The van der Waals surface area contributed by atoms with Gasteiger partial charge < -0.3 is 5.32 Å². The molecule has 88 valence electrons. The summed E-state index contributed by atoms with van der Waals surface area (Å²) in [5, 5.41) is 6.84. The molecule has 0 bridgehead atoms. The minimum Gasteiger partial charge on any atom is -0.352 e. The molecule has 0 aliphatic rings. The zero-order valence-electron chi connectivity index (χ0n) is 9.63. The SMILES string of the molecule is CCCNC(=O)c1ccc(-n2cncn2)cc1. The third-order valence-electron chi connectivity index (χ3n) is 2.35. The van der Waals surface area contributed by atoms with Crippen LogP contribution in [0.15, 0.2) is 36.9 Å². The molecule has 0 atom stereocenters. The summed E-state index contributed by atoms with van der Waals surface area (Å²) in [5.74, 6) is -0.0445. The molecule has 1 N–H and O–H groups in total. The summed E-state index contributed by atoms with van der Waals surface area (Å²) in [6, 6.07) is 7.25. The van der Waals surface area contributed by atoms with Crippen molar-refractivity contribution in [2.45, 2.75) is 13.3 Å². The fourth-order valence-electron chi connectivity index (χ4n) is 1.45. The molecule has 1 heterocycles. The Morgan fingerprint density at radius 2 is 2.12 bits per heavy atom. The fourth-order valence-corrected chi connectivity index (χ4v) is 1.45. The number of aromatic nitrogens is 3. The number of nitrogens with one attached hydrogen (secondary N) is 1. The number of rotatable bonds is 4. The lowest BCUT2D eigenvalue weighted by Crippen LogP contribution is -2.23. The Balaban J connectivity index is 2.10. The van der Waals surface area contributed by atoms with Gasteiger partial charge in [0.05, 0.1) is 5.69 Å². The lowest BCUT2D eigenvalue weighted by molar-refractivity contribution is 0.0953. The van der Waals surface area contributed by atoms with Gasteiger partial charge >= 0.3 is 0 Å². The lowest BCUT2D eigenvalue weighted by atomic mass is 10.2. The van der Waals surface area contributed by atoms with Gasteiger partial charge in [0, 0.05) is 12.1 Å². The van der Waals surface area contributed by atoms with Crippen LogP contribution in [-0.4, -0.2) is 27.2 Å². The van der Waals surface area contributed by atoms with Gasteiger partial charge in [0.25, 0.3) is 5.91 Å². The third-order valence-corrected chi connectivity index (χ3v) is 2.35. The monoisotopic (exact) mass is 230 g/mol. The molecule has 1 amide bonds. The second-order valence-electron chi connectivity index (χ2n) is 3.64. The normalized spacial score (nSPS) is 10.2. The van der Waals surface area contributed by atoms with Gasteiger partial charge in [0.15, 0.2) is 0 Å². The van der Waals surface area contributed by atoms with E-state index >= 15 is 0 Å². The average molecular weight is 230 g/mol. The van der Waals surface area contributed by atoms with Gasteiger partial charge in [0.2, 0.25) is 0 Å². The highest BCUT2D eigenvalue weighted by molar-refractivity contribution is 5.94. The number of carbonyl (C=O) groups is 1. The van der Waals surface area contributed by atoms with E-state index in [1.165, 1.54) is 6.33 Å². The Labute approximate surface area is 99.5 Å². The van der Waals surface area contributed by atoms with Crippen LogP contribution in [0.4, 0.5) is 0 Å². The highest BCUT2D eigenvalue weighted by atomic mass is 16.1. The Bertz CT molecular complexity index is 476. The van der Waals surface area contributed by atoms with E-state index in [2.05, 4.69) is 15.4 Å². The van der Waals surface area contributed by atoms with Crippen LogP contribution in [0.5, 0.6) is 0 Å². The summed E-state index contributed by atoms with van der Waals surface area (Å²) in [7, 11) is 0. The molecule has 0 saturated heterocycles. The molecule has 1 aromatic carbocycles. The van der Waals surface area contributed by atoms with Crippen molar-refractivity contribution in [3.63, 3.8) is 0 Å². The summed E-state index contributed by atoms with van der Waals surface area (Å²) >= 11 is 0. The van der Waals surface area contributed by atoms with E-state index in [9.17, 15) is 4.79 Å². The van der Waals surface area contributed by atoms with Crippen LogP contribution in [-0.2, 0) is 0 Å². The maximum absolute atomic E-state index is 11.7. The summed E-state index contributed by atoms with van der Waals surface area (Å²) in [4.78, 5) is 15.5. The maximum Gasteiger partial charge on any atom is 0.251 e. The van der Waals surface area contributed by atoms with Crippen LogP contribution in [0, 0.1) is 0 Å². The standard InChI is InChI=1S/C12H14N4O/c1-2-7-14-12(17)10-3-5-11(6-4-10)16-9-13-8-15-16/h3-6,8-9H,2,7H2,1H3,(H,14,17). The molecule has 0 aliphatic heterocycles. The topological polar surface area (TPSA) is 59.8 Å². The minimum absolute atomic E-state index is 0.0445. The Kier molecular flexibility index (Phi) is 3.49. The lowest BCUT2D eigenvalue weighted by Gasteiger charge is -2.04. The van der Waals surface area contributed by atoms with Crippen molar-refractivity contribution in [1.29, 1.82) is 0 Å². The molecular weight excluding hydrogens is 216 g/mol. The van der Waals surface area contributed by atoms with Gasteiger partial charge in [0.1, 0.15) is 12.7 Å². The van der Waals surface area contributed by atoms with Crippen molar-refractivity contribution in [2.24, 2.45) is 0 Å². The van der Waals surface area contributed by atoms with E-state index in [-0.39, 0.29) is 5.91 Å². The smallest absolute Gasteiger partial charge is 0.251 e. The molecule has 2 rings (SSSR count). The highest BCUT2D eigenvalue weighted by Crippen LogP contribution is 2.07. The second kappa shape index (κ2) is 5.25. The summed E-state index contributed by atoms with van der Waals surface area (Å²) in [6.07, 6.45) is 4.02. The summed E-state index contributed by atoms with van der Waals surface area (Å²) in [5.41, 5.74) is 1.54. The van der Waals surface area contributed by atoms with E-state index in [0.717, 1.165) is 12.1 Å². The van der Waals surface area contributed by atoms with Crippen molar-refractivity contribution < 1.29 is 4.79 Å². The second-order valence-corrected chi connectivity index (χ2v) is 3.64. The molecule has 0 radical (unpaired) electrons. The Morgan fingerprint density at radius 3 is 2.71 bits per heavy atom. The number of benzene rings is 1. The van der Waals surface area contributed by atoms with E-state index in [0.29, 0.717) is 12.1 Å². The number of amides is 1. The molecule has 5 heteroatoms. The molecule has 0 fully saturated rings. The molecule has 0 unspecified atom stereocenters. The predicted molar refractivity (Wildman–Crippen MR) is 64.0 cm³/mol. The molecular formula is C12H14N4O. The van der Waals surface area contributed by atoms with Crippen molar-refractivity contribution in [3.8, 4) is 5.69 Å². The van der Waals surface area contributed by atoms with Crippen molar-refractivity contribution in [3.05, 3.63) is 42.5 Å². The summed E-state index contributed by atoms with van der Waals surface area (Å²) in [6.45, 7) is 2.72. The van der Waals surface area contributed by atoms with Crippen LogP contribution in [0.1, 0.15) is 23.7 Å². The number of nitrogens with zero attached hydrogens (tertiary/aromatic N) is 3.